The molecule has 0 saturated carbocycles. The summed E-state index contributed by atoms with van der Waals surface area (Å²) in [6.45, 7) is 6.59. The molecule has 0 amide bonds. The molecule has 2 aromatic heterocycles. The van der Waals surface area contributed by atoms with Crippen LogP contribution in [0.4, 0.5) is 17.1 Å². The van der Waals surface area contributed by atoms with Crippen molar-refractivity contribution in [2.24, 2.45) is 0 Å². The average molecular weight is 1120 g/mol. The van der Waals surface area contributed by atoms with Gasteiger partial charge >= 0.3 is 0 Å². The van der Waals surface area contributed by atoms with Crippen LogP contribution < -0.4 is 9.64 Å². The summed E-state index contributed by atoms with van der Waals surface area (Å²) in [5.41, 5.74) is 23.0. The molecule has 73 heavy (non-hydrogen) atoms. The van der Waals surface area contributed by atoms with Gasteiger partial charge in [0.05, 0.1) is 11.4 Å². The Hall–Kier alpha value is -7.69. The van der Waals surface area contributed by atoms with Gasteiger partial charge in [-0.3, -0.25) is 0 Å². The average Bonchev–Trinajstić information content (AvgIpc) is 3.92. The first-order chi connectivity index (χ1) is 35.5. The molecule has 0 fully saturated rings. The van der Waals surface area contributed by atoms with E-state index >= 15 is 0 Å². The zero-order valence-corrected chi connectivity index (χ0v) is 43.9. The van der Waals surface area contributed by atoms with Crippen molar-refractivity contribution in [3.05, 3.63) is 258 Å². The molecule has 1 radical (unpaired) electrons. The summed E-state index contributed by atoms with van der Waals surface area (Å²) in [6, 6.07) is 76.4. The van der Waals surface area contributed by atoms with Gasteiger partial charge < -0.3 is 19.6 Å². The summed E-state index contributed by atoms with van der Waals surface area (Å²) < 4.78 is 6.81. The van der Waals surface area contributed by atoms with Crippen LogP contribution in [0.3, 0.4) is 0 Å². The topological polar surface area (TPSA) is 38.2 Å². The molecule has 10 aromatic rings. The summed E-state index contributed by atoms with van der Waals surface area (Å²) in [7, 11) is 0. The first-order valence-electron chi connectivity index (χ1n) is 25.5. The van der Waals surface area contributed by atoms with Gasteiger partial charge in [0.25, 0.3) is 0 Å². The molecule has 0 saturated heterocycles. The molecule has 1 atom stereocenters. The van der Waals surface area contributed by atoms with Crippen LogP contribution in [-0.4, -0.2) is 9.97 Å². The molecule has 0 bridgehead atoms. The number of pyridine rings is 2. The van der Waals surface area contributed by atoms with Crippen LogP contribution in [0.2, 0.25) is 0 Å². The van der Waals surface area contributed by atoms with Crippen LogP contribution in [0.1, 0.15) is 78.0 Å². The van der Waals surface area contributed by atoms with Crippen LogP contribution in [0, 0.1) is 26.0 Å². The molecule has 1 aliphatic heterocycles. The van der Waals surface area contributed by atoms with E-state index in [1.807, 2.05) is 54.7 Å². The zero-order chi connectivity index (χ0) is 48.6. The minimum atomic E-state index is -0.483. The fraction of sp³-hybridized carbons (Fsp3) is 0.147. The second-order valence-electron chi connectivity index (χ2n) is 19.4. The van der Waals surface area contributed by atoms with Gasteiger partial charge in [-0.25, -0.2) is 0 Å². The van der Waals surface area contributed by atoms with Crippen molar-refractivity contribution in [2.75, 3.05) is 4.90 Å². The third-order valence-electron chi connectivity index (χ3n) is 14.7. The van der Waals surface area contributed by atoms with E-state index in [4.69, 9.17) is 9.72 Å². The van der Waals surface area contributed by atoms with Crippen LogP contribution in [0.25, 0.3) is 55.9 Å². The van der Waals surface area contributed by atoms with E-state index in [1.165, 1.54) is 87.7 Å². The van der Waals surface area contributed by atoms with E-state index in [0.29, 0.717) is 0 Å². The largest absolute Gasteiger partial charge is 0.453 e. The fourth-order valence-corrected chi connectivity index (χ4v) is 11.2. The molecular weight excluding hydrogens is 1070 g/mol. The molecule has 4 nitrogen and oxygen atoms in total. The standard InChI is InChI=1S/C57H47N2O.C11H8N.Ir/c1-4-5-6-7-8-12-39-18-20-40(21-19-39)41-22-26-44(27-23-41)59-52-30-17-38(3)34-54(52)60-55-36-43(25-31-53(55)59)42-24-29-46-45-28-16-37(2)33-50(45)57(51(46)35-42)48-14-10-9-13-47(48)56-49(57)15-11-32-58-56;1-2-6-10(7-3-1)11-8-4-5-9-12-11;/h9-11,14-36H,4-8,12H2,1-3H3;1-6,8-9H;/q2*-1;. The van der Waals surface area contributed by atoms with Crippen molar-refractivity contribution in [2.45, 2.75) is 64.7 Å². The third kappa shape index (κ3) is 8.71. The Bertz CT molecular complexity index is 3510. The molecule has 3 heterocycles. The monoisotopic (exact) mass is 1120 g/mol. The van der Waals surface area contributed by atoms with Crippen molar-refractivity contribution in [3.63, 3.8) is 0 Å². The van der Waals surface area contributed by atoms with Crippen molar-refractivity contribution >= 4 is 17.1 Å². The first kappa shape index (κ1) is 47.6. The zero-order valence-electron chi connectivity index (χ0n) is 41.5. The number of nitrogens with zero attached hydrogens (tertiary/aromatic N) is 3. The minimum absolute atomic E-state index is 0. The number of aryl methyl sites for hydroxylation is 3. The molecule has 1 unspecified atom stereocenters. The van der Waals surface area contributed by atoms with Crippen LogP contribution in [0.5, 0.6) is 11.5 Å². The molecule has 359 valence electrons. The normalized spacial score (nSPS) is 14.0. The van der Waals surface area contributed by atoms with Gasteiger partial charge in [-0.15, -0.1) is 71.3 Å². The summed E-state index contributed by atoms with van der Waals surface area (Å²) in [4.78, 5) is 11.5. The predicted octanol–water partition coefficient (Wildman–Crippen LogP) is 17.8. The predicted molar refractivity (Wildman–Crippen MR) is 295 cm³/mol. The van der Waals surface area contributed by atoms with Crippen LogP contribution in [-0.2, 0) is 31.9 Å². The quantitative estimate of drug-likeness (QED) is 0.101. The van der Waals surface area contributed by atoms with E-state index < -0.39 is 5.41 Å². The maximum Gasteiger partial charge on any atom is 0.152 e. The number of ether oxygens (including phenoxy) is 1. The molecule has 1 spiro atoms. The molecule has 2 aliphatic carbocycles. The Morgan fingerprint density at radius 1 is 0.507 bits per heavy atom. The second-order valence-corrected chi connectivity index (χ2v) is 19.4. The number of hydrogen-bond acceptors (Lipinski definition) is 4. The van der Waals surface area contributed by atoms with Crippen molar-refractivity contribution in [3.8, 4) is 67.4 Å². The number of fused-ring (bicyclic) bond motifs is 12. The molecule has 5 heteroatoms. The van der Waals surface area contributed by atoms with E-state index in [2.05, 4.69) is 188 Å². The van der Waals surface area contributed by atoms with Gasteiger partial charge in [-0.2, -0.15) is 0 Å². The summed E-state index contributed by atoms with van der Waals surface area (Å²) in [5.74, 6) is 1.69. The van der Waals surface area contributed by atoms with E-state index in [1.54, 1.807) is 6.20 Å². The summed E-state index contributed by atoms with van der Waals surface area (Å²) in [5, 5.41) is 0. The number of rotatable bonds is 10. The molecule has 0 N–H and O–H groups in total. The first-order valence-corrected chi connectivity index (χ1v) is 25.5. The third-order valence-corrected chi connectivity index (χ3v) is 14.7. The molecular formula is C68H55IrN3O-2. The van der Waals surface area contributed by atoms with Gasteiger partial charge in [0, 0.05) is 43.6 Å². The van der Waals surface area contributed by atoms with Crippen molar-refractivity contribution < 1.29 is 24.8 Å². The van der Waals surface area contributed by atoms with E-state index in [-0.39, 0.29) is 20.1 Å². The Kier molecular flexibility index (Phi) is 13.3. The molecule has 8 aromatic carbocycles. The van der Waals surface area contributed by atoms with E-state index in [0.717, 1.165) is 74.2 Å². The Morgan fingerprint density at radius 2 is 1.15 bits per heavy atom. The maximum atomic E-state index is 6.81. The Morgan fingerprint density at radius 3 is 1.93 bits per heavy atom. The summed E-state index contributed by atoms with van der Waals surface area (Å²) in [6.07, 6.45) is 11.4. The van der Waals surface area contributed by atoms with Gasteiger partial charge in [0.2, 0.25) is 0 Å². The van der Waals surface area contributed by atoms with Crippen molar-refractivity contribution in [1.29, 1.82) is 0 Å². The maximum absolute atomic E-state index is 6.81. The van der Waals surface area contributed by atoms with Crippen molar-refractivity contribution in [1.82, 2.24) is 9.97 Å². The van der Waals surface area contributed by atoms with Crippen LogP contribution in [0.15, 0.2) is 207 Å². The molecule has 13 rings (SSSR count). The van der Waals surface area contributed by atoms with E-state index in [9.17, 15) is 0 Å². The number of anilines is 3. The number of hydrogen-bond donors (Lipinski definition) is 0. The number of aromatic nitrogens is 2. The van der Waals surface area contributed by atoms with Gasteiger partial charge in [-0.05, 0) is 148 Å². The minimum Gasteiger partial charge on any atom is -0.453 e. The Labute approximate surface area is 443 Å². The SMILES string of the molecule is CCCCCCCc1ccc(-c2ccc(N3c4ccc(C)cc4Oc4cc(-c5ccc6c(c5)C5(c7ccc[c-]c7-c7ncccc75)c5cc(C)ccc5-6)ccc43)cc2)cc1.[Ir].[c-]1ccccc1-c1ccccn1. The number of unbranched alkanes of at least 4 members (excludes halogenated alkanes) is 4. The van der Waals surface area contributed by atoms with Gasteiger partial charge in [-0.1, -0.05) is 141 Å². The second kappa shape index (κ2) is 20.4. The fourth-order valence-electron chi connectivity index (χ4n) is 11.2. The summed E-state index contributed by atoms with van der Waals surface area (Å²) >= 11 is 0. The van der Waals surface area contributed by atoms with Gasteiger partial charge in [0.1, 0.15) is 0 Å². The van der Waals surface area contributed by atoms with Gasteiger partial charge in [0.15, 0.2) is 11.5 Å². The van der Waals surface area contributed by atoms with Crippen LogP contribution >= 0.6 is 0 Å². The number of benzene rings is 8. The Balaban J connectivity index is 0.000000387. The molecule has 3 aliphatic rings. The smallest absolute Gasteiger partial charge is 0.152 e.